The third-order valence-electron chi connectivity index (χ3n) is 2.36. The molecule has 0 aromatic heterocycles. The first-order valence-electron chi connectivity index (χ1n) is 4.98. The van der Waals surface area contributed by atoms with Crippen LogP contribution in [0.4, 0.5) is 4.39 Å². The second-order valence-corrected chi connectivity index (χ2v) is 5.85. The van der Waals surface area contributed by atoms with Gasteiger partial charge in [-0.15, -0.1) is 0 Å². The highest BCUT2D eigenvalue weighted by atomic mass is 35.5. The summed E-state index contributed by atoms with van der Waals surface area (Å²) < 4.78 is 24.4. The molecule has 2 unspecified atom stereocenters. The van der Waals surface area contributed by atoms with E-state index in [1.165, 1.54) is 6.07 Å². The minimum Gasteiger partial charge on any atom is -0.311 e. The van der Waals surface area contributed by atoms with Crippen LogP contribution in [-0.2, 0) is 17.3 Å². The number of rotatable bonds is 5. The van der Waals surface area contributed by atoms with E-state index in [0.717, 1.165) is 0 Å². The van der Waals surface area contributed by atoms with E-state index in [1.807, 2.05) is 6.92 Å². The molecule has 2 atom stereocenters. The topological polar surface area (TPSA) is 29.1 Å². The molecule has 1 rings (SSSR count). The van der Waals surface area contributed by atoms with E-state index in [0.29, 0.717) is 23.7 Å². The second kappa shape index (κ2) is 6.33. The van der Waals surface area contributed by atoms with Crippen LogP contribution in [0.2, 0.25) is 5.02 Å². The highest BCUT2D eigenvalue weighted by Crippen LogP contribution is 2.18. The van der Waals surface area contributed by atoms with Crippen molar-refractivity contribution in [1.82, 2.24) is 5.32 Å². The molecule has 90 valence electrons. The second-order valence-electron chi connectivity index (χ2n) is 3.64. The fourth-order valence-electron chi connectivity index (χ4n) is 1.22. The summed E-state index contributed by atoms with van der Waals surface area (Å²) in [6.45, 7) is 2.81. The van der Waals surface area contributed by atoms with E-state index >= 15 is 0 Å². The molecule has 0 aliphatic rings. The van der Waals surface area contributed by atoms with Crippen LogP contribution in [-0.4, -0.2) is 22.3 Å². The van der Waals surface area contributed by atoms with Gasteiger partial charge in [0.25, 0.3) is 0 Å². The maximum absolute atomic E-state index is 13.3. The van der Waals surface area contributed by atoms with E-state index in [9.17, 15) is 8.60 Å². The molecule has 0 saturated heterocycles. The van der Waals surface area contributed by atoms with E-state index < -0.39 is 10.8 Å². The number of hydrogen-bond acceptors (Lipinski definition) is 2. The molecule has 0 fully saturated rings. The summed E-state index contributed by atoms with van der Waals surface area (Å²) in [6.07, 6.45) is 1.66. The molecule has 0 amide bonds. The normalized spacial score (nSPS) is 14.8. The first-order valence-corrected chi connectivity index (χ1v) is 6.98. The lowest BCUT2D eigenvalue weighted by Gasteiger charge is -2.11. The Morgan fingerprint density at radius 2 is 2.25 bits per heavy atom. The molecule has 0 aliphatic heterocycles. The van der Waals surface area contributed by atoms with Gasteiger partial charge in [0.1, 0.15) is 5.82 Å². The van der Waals surface area contributed by atoms with Crippen LogP contribution in [0.25, 0.3) is 0 Å². The fraction of sp³-hybridized carbons (Fsp3) is 0.455. The van der Waals surface area contributed by atoms with Crippen molar-refractivity contribution < 1.29 is 8.60 Å². The Hall–Kier alpha value is -0.450. The third-order valence-corrected chi connectivity index (χ3v) is 4.02. The van der Waals surface area contributed by atoms with Crippen LogP contribution in [0, 0.1) is 5.82 Å². The lowest BCUT2D eigenvalue weighted by Crippen LogP contribution is -2.27. The van der Waals surface area contributed by atoms with Crippen LogP contribution in [0.15, 0.2) is 18.2 Å². The van der Waals surface area contributed by atoms with Gasteiger partial charge >= 0.3 is 0 Å². The zero-order valence-electron chi connectivity index (χ0n) is 9.30. The van der Waals surface area contributed by atoms with Crippen molar-refractivity contribution in [3.63, 3.8) is 0 Å². The van der Waals surface area contributed by atoms with E-state index in [4.69, 9.17) is 11.6 Å². The molecule has 1 aromatic carbocycles. The molecular formula is C11H15ClFNOS. The molecule has 0 radical (unpaired) electrons. The smallest absolute Gasteiger partial charge is 0.129 e. The average molecular weight is 264 g/mol. The molecule has 2 nitrogen and oxygen atoms in total. The van der Waals surface area contributed by atoms with Gasteiger partial charge in [-0.25, -0.2) is 4.39 Å². The number of nitrogens with one attached hydrogen (secondary N) is 1. The van der Waals surface area contributed by atoms with E-state index in [2.05, 4.69) is 5.32 Å². The summed E-state index contributed by atoms with van der Waals surface area (Å²) in [5.74, 6) is -0.315. The van der Waals surface area contributed by atoms with Gasteiger partial charge in [0, 0.05) is 46.0 Å². The van der Waals surface area contributed by atoms with E-state index in [1.54, 1.807) is 18.4 Å². The number of benzene rings is 1. The van der Waals surface area contributed by atoms with Crippen LogP contribution in [0.5, 0.6) is 0 Å². The standard InChI is InChI=1S/C11H15ClFNOS/c1-8(16(2)15)6-14-7-9-10(12)4-3-5-11(9)13/h3-5,8,14H,6-7H2,1-2H3. The third kappa shape index (κ3) is 3.85. The Morgan fingerprint density at radius 3 is 2.81 bits per heavy atom. The van der Waals surface area contributed by atoms with Crippen LogP contribution in [0.3, 0.4) is 0 Å². The monoisotopic (exact) mass is 263 g/mol. The summed E-state index contributed by atoms with van der Waals surface area (Å²) in [6, 6.07) is 4.61. The van der Waals surface area contributed by atoms with Gasteiger partial charge in [-0.05, 0) is 19.1 Å². The Labute approximate surface area is 103 Å². The maximum Gasteiger partial charge on any atom is 0.129 e. The summed E-state index contributed by atoms with van der Waals surface area (Å²) in [4.78, 5) is 0. The quantitative estimate of drug-likeness (QED) is 0.884. The zero-order chi connectivity index (χ0) is 12.1. The Morgan fingerprint density at radius 1 is 1.56 bits per heavy atom. The minimum atomic E-state index is -0.868. The summed E-state index contributed by atoms with van der Waals surface area (Å²) >= 11 is 5.87. The lowest BCUT2D eigenvalue weighted by atomic mass is 10.2. The molecule has 16 heavy (non-hydrogen) atoms. The molecule has 0 heterocycles. The molecule has 0 aliphatic carbocycles. The van der Waals surface area contributed by atoms with Crippen molar-refractivity contribution in [2.45, 2.75) is 18.7 Å². The molecule has 0 spiro atoms. The first-order chi connectivity index (χ1) is 7.52. The molecule has 1 aromatic rings. The van der Waals surface area contributed by atoms with Gasteiger partial charge < -0.3 is 5.32 Å². The Balaban J connectivity index is 2.52. The van der Waals surface area contributed by atoms with Crippen molar-refractivity contribution in [3.05, 3.63) is 34.6 Å². The van der Waals surface area contributed by atoms with Gasteiger partial charge in [0.05, 0.1) is 0 Å². The van der Waals surface area contributed by atoms with Crippen LogP contribution >= 0.6 is 11.6 Å². The van der Waals surface area contributed by atoms with Gasteiger partial charge in [-0.3, -0.25) is 4.21 Å². The highest BCUT2D eigenvalue weighted by molar-refractivity contribution is 7.84. The van der Waals surface area contributed by atoms with Gasteiger partial charge in [0.2, 0.25) is 0 Å². The highest BCUT2D eigenvalue weighted by Gasteiger charge is 2.08. The Bertz CT molecular complexity index is 366. The summed E-state index contributed by atoms with van der Waals surface area (Å²) in [7, 11) is -0.868. The lowest BCUT2D eigenvalue weighted by molar-refractivity contribution is 0.586. The van der Waals surface area contributed by atoms with Crippen molar-refractivity contribution >= 4 is 22.4 Å². The summed E-state index contributed by atoms with van der Waals surface area (Å²) in [5.41, 5.74) is 0.457. The fourth-order valence-corrected chi connectivity index (χ4v) is 1.80. The van der Waals surface area contributed by atoms with Crippen LogP contribution < -0.4 is 5.32 Å². The SMILES string of the molecule is CC(CNCc1c(F)cccc1Cl)S(C)=O. The van der Waals surface area contributed by atoms with Crippen molar-refractivity contribution in [3.8, 4) is 0 Å². The van der Waals surface area contributed by atoms with Gasteiger partial charge in [-0.1, -0.05) is 17.7 Å². The largest absolute Gasteiger partial charge is 0.311 e. The molecule has 0 bridgehead atoms. The van der Waals surface area contributed by atoms with Gasteiger partial charge in [0.15, 0.2) is 0 Å². The molecular weight excluding hydrogens is 249 g/mol. The van der Waals surface area contributed by atoms with Crippen LogP contribution in [0.1, 0.15) is 12.5 Å². The molecule has 1 N–H and O–H groups in total. The zero-order valence-corrected chi connectivity index (χ0v) is 10.9. The average Bonchev–Trinajstić information content (AvgIpc) is 2.22. The Kier molecular flexibility index (Phi) is 5.38. The minimum absolute atomic E-state index is 0.0468. The summed E-state index contributed by atoms with van der Waals surface area (Å²) in [5, 5.41) is 3.51. The number of halogens is 2. The first kappa shape index (κ1) is 13.6. The molecule has 5 heteroatoms. The predicted octanol–water partition coefficient (Wildman–Crippen LogP) is 2.34. The van der Waals surface area contributed by atoms with Crippen molar-refractivity contribution in [2.24, 2.45) is 0 Å². The maximum atomic E-state index is 13.3. The van der Waals surface area contributed by atoms with Crippen molar-refractivity contribution in [1.29, 1.82) is 0 Å². The van der Waals surface area contributed by atoms with E-state index in [-0.39, 0.29) is 11.1 Å². The number of hydrogen-bond donors (Lipinski definition) is 1. The van der Waals surface area contributed by atoms with Gasteiger partial charge in [-0.2, -0.15) is 0 Å². The van der Waals surface area contributed by atoms with Crippen molar-refractivity contribution in [2.75, 3.05) is 12.8 Å². The predicted molar refractivity (Wildman–Crippen MR) is 66.6 cm³/mol. The molecule has 0 saturated carbocycles.